The molecule has 4 fully saturated rings. The number of carbonyl (C=O) groups excluding carboxylic acids is 5. The van der Waals surface area contributed by atoms with Crippen LogP contribution in [0.3, 0.4) is 0 Å². The van der Waals surface area contributed by atoms with E-state index in [1.165, 1.54) is 179 Å². The molecule has 19 nitrogen and oxygen atoms in total. The number of ketones is 1. The summed E-state index contributed by atoms with van der Waals surface area (Å²) < 4.78 is 37.6. The highest BCUT2D eigenvalue weighted by Gasteiger charge is 2.39. The maximum absolute atomic E-state index is 13.4. The summed E-state index contributed by atoms with van der Waals surface area (Å²) in [5, 5.41) is 11.2. The zero-order valence-electron chi connectivity index (χ0n) is 76.6. The number of halogens is 3. The molecule has 0 radical (unpaired) electrons. The van der Waals surface area contributed by atoms with Gasteiger partial charge in [0.2, 0.25) is 23.6 Å². The van der Waals surface area contributed by atoms with Gasteiger partial charge >= 0.3 is 0 Å². The Bertz CT molecular complexity index is 5840. The molecule has 0 bridgehead atoms. The van der Waals surface area contributed by atoms with E-state index in [2.05, 4.69) is 134 Å². The maximum atomic E-state index is 13.4. The number of anilines is 6. The summed E-state index contributed by atoms with van der Waals surface area (Å²) >= 11 is 6.01. The number of rotatable bonds is 24. The van der Waals surface area contributed by atoms with E-state index in [0.717, 1.165) is 244 Å². The van der Waals surface area contributed by atoms with Gasteiger partial charge in [0.15, 0.2) is 16.9 Å². The Kier molecular flexibility index (Phi) is 27.2. The molecule has 22 heteroatoms. The van der Waals surface area contributed by atoms with Gasteiger partial charge < -0.3 is 48.2 Å². The van der Waals surface area contributed by atoms with Gasteiger partial charge in [-0.1, -0.05) is 84.3 Å². The van der Waals surface area contributed by atoms with Crippen molar-refractivity contribution in [1.82, 2.24) is 29.9 Å². The molecule has 12 aliphatic heterocycles. The zero-order chi connectivity index (χ0) is 89.2. The lowest BCUT2D eigenvalue weighted by molar-refractivity contribution is -0.120. The first kappa shape index (κ1) is 89.1. The van der Waals surface area contributed by atoms with E-state index in [4.69, 9.17) is 20.6 Å². The van der Waals surface area contributed by atoms with Crippen LogP contribution in [-0.2, 0) is 77.0 Å². The molecule has 0 N–H and O–H groups in total. The van der Waals surface area contributed by atoms with Crippen molar-refractivity contribution >= 4 is 97.1 Å². The molecule has 22 rings (SSSR count). The molecule has 2 unspecified atom stereocenters. The van der Waals surface area contributed by atoms with Crippen LogP contribution in [0.1, 0.15) is 234 Å². The Balaban J connectivity index is 0.000000113. The highest BCUT2D eigenvalue weighted by Crippen LogP contribution is 2.47. The summed E-state index contributed by atoms with van der Waals surface area (Å²) in [5.74, 6) is 1.93. The Hall–Kier alpha value is -10.2. The van der Waals surface area contributed by atoms with Crippen LogP contribution < -0.4 is 29.4 Å². The molecule has 12 aliphatic rings. The number of aromatic nitrogens is 2. The number of nitrogens with zero attached hydrogens (tertiary/aromatic N) is 12. The highest BCUT2D eigenvalue weighted by molar-refractivity contribution is 6.30. The lowest BCUT2D eigenvalue weighted by Crippen LogP contribution is -2.46. The Morgan fingerprint density at radius 3 is 1.29 bits per heavy atom. The largest absolute Gasteiger partial charge is 0.369 e. The second-order valence-electron chi connectivity index (χ2n) is 39.1. The lowest BCUT2D eigenvalue weighted by Gasteiger charge is -2.37. The van der Waals surface area contributed by atoms with Gasteiger partial charge in [-0.15, -0.1) is 0 Å². The fourth-order valence-corrected chi connectivity index (χ4v) is 23.3. The van der Waals surface area contributed by atoms with E-state index in [-0.39, 0.29) is 29.2 Å². The molecule has 8 aromatic carbocycles. The van der Waals surface area contributed by atoms with Crippen LogP contribution in [0.2, 0.25) is 5.02 Å². The number of carbonyl (C=O) groups is 5. The quantitative estimate of drug-likeness (QED) is 0.0413. The third-order valence-electron chi connectivity index (χ3n) is 30.6. The van der Waals surface area contributed by atoms with Crippen molar-refractivity contribution in [2.75, 3.05) is 160 Å². The Morgan fingerprint density at radius 2 is 0.815 bits per heavy atom. The van der Waals surface area contributed by atoms with Gasteiger partial charge in [0.1, 0.15) is 11.6 Å². The van der Waals surface area contributed by atoms with Crippen LogP contribution in [0.15, 0.2) is 136 Å². The van der Waals surface area contributed by atoms with Crippen molar-refractivity contribution in [1.29, 1.82) is 0 Å². The zero-order valence-corrected chi connectivity index (χ0v) is 77.4. The number of hydrogen-bond donors (Lipinski definition) is 0. The predicted octanol–water partition coefficient (Wildman–Crippen LogP) is 19.4. The highest BCUT2D eigenvalue weighted by atomic mass is 35.5. The van der Waals surface area contributed by atoms with E-state index in [1.807, 2.05) is 43.9 Å². The molecule has 10 aromatic rings. The fourth-order valence-electron chi connectivity index (χ4n) is 23.2. The molecule has 682 valence electrons. The maximum Gasteiger partial charge on any atom is 0.227 e. The summed E-state index contributed by atoms with van der Waals surface area (Å²) in [5.41, 5.74) is 29.1. The number of amides is 4. The van der Waals surface area contributed by atoms with Crippen molar-refractivity contribution in [3.63, 3.8) is 0 Å². The van der Waals surface area contributed by atoms with Crippen molar-refractivity contribution in [3.8, 4) is 0 Å². The number of likely N-dealkylation sites (tertiary alicyclic amines) is 2. The van der Waals surface area contributed by atoms with Crippen LogP contribution in [0.4, 0.5) is 42.9 Å². The average molecular weight is 1780 g/mol. The van der Waals surface area contributed by atoms with E-state index < -0.39 is 0 Å². The number of unbranched alkanes of at least 4 members (excludes halogenated alkanes) is 3. The average Bonchev–Trinajstić information content (AvgIpc) is 1.63. The summed E-state index contributed by atoms with van der Waals surface area (Å²) in [6.45, 7) is 29.6. The second kappa shape index (κ2) is 39.7. The Morgan fingerprint density at radius 1 is 0.408 bits per heavy atom. The normalized spacial score (nSPS) is 19.8. The minimum Gasteiger partial charge on any atom is -0.369 e. The SMILES string of the molecule is CC1CC(=O)N2CCc3cc(C(=O)CCCN4CCC(c5noc6cc(F)ccc56)CC4)cc1c32.CC1CC(=O)N2CCc3cc(CCCCN4CCC(c5noc6cc(F)ccc56)CC4)cc1c32.Cc1cccc(N2CCN(CCCCc3cc4c5c(c3)CCN5C(=O)CC4)CC2)c1C.O=C1CCc2cc(CCCCN3CCN(c4ccc(Cl)cc4)CC3)cc3c2N1CC3. The predicted molar refractivity (Wildman–Crippen MR) is 515 cm³/mol. The summed E-state index contributed by atoms with van der Waals surface area (Å²) in [7, 11) is 0. The van der Waals surface area contributed by atoms with Gasteiger partial charge in [0, 0.05) is 167 Å². The third-order valence-corrected chi connectivity index (χ3v) is 30.8. The van der Waals surface area contributed by atoms with Crippen LogP contribution in [0.25, 0.3) is 21.9 Å². The number of Topliss-reactive ketones (excluding diaryl/α,β-unsaturated/α-hetero) is 1. The minimum absolute atomic E-state index is 0.167. The molecule has 0 aliphatic carbocycles. The topological polar surface area (TPSA) is 170 Å². The number of piperazine rings is 2. The van der Waals surface area contributed by atoms with Crippen LogP contribution in [0.5, 0.6) is 0 Å². The van der Waals surface area contributed by atoms with Gasteiger partial charge in [0.25, 0.3) is 0 Å². The lowest BCUT2D eigenvalue weighted by atomic mass is 9.87. The molecule has 0 spiro atoms. The van der Waals surface area contributed by atoms with E-state index in [0.29, 0.717) is 78.7 Å². The van der Waals surface area contributed by atoms with Crippen molar-refractivity contribution in [3.05, 3.63) is 233 Å². The van der Waals surface area contributed by atoms with Crippen molar-refractivity contribution in [2.45, 2.75) is 212 Å². The molecule has 0 saturated carbocycles. The molecule has 2 aromatic heterocycles. The van der Waals surface area contributed by atoms with Gasteiger partial charge in [-0.3, -0.25) is 33.8 Å². The first-order valence-electron chi connectivity index (χ1n) is 49.0. The monoisotopic (exact) mass is 1780 g/mol. The number of hydrogen-bond acceptors (Lipinski definition) is 15. The van der Waals surface area contributed by atoms with Crippen LogP contribution >= 0.6 is 11.6 Å². The number of fused-ring (bicyclic) bond motifs is 2. The molecule has 2 atom stereocenters. The van der Waals surface area contributed by atoms with Gasteiger partial charge in [-0.25, -0.2) is 8.78 Å². The molecule has 14 heterocycles. The number of benzene rings is 8. The number of aryl methyl sites for hydroxylation is 6. The third kappa shape index (κ3) is 19.6. The van der Waals surface area contributed by atoms with E-state index >= 15 is 0 Å². The van der Waals surface area contributed by atoms with E-state index in [1.54, 1.807) is 12.1 Å². The standard InChI is InChI=1S/C28H30FN3O3.C28H32FN3O2.C27H35N3O.C25H30ClN3O/c1-17-13-26(34)32-12-8-19-14-20(15-23(17)28(19)32)24(33)3-2-9-31-10-6-18(7-11-31)27-22-5-4-21(29)16-25(22)35-30-27;1-18-14-26(33)32-13-9-21-15-19(16-24(18)28(21)32)4-2-3-10-31-11-7-20(8-12-31)27-23-6-5-22(29)17-25(23)34-30-27;1-20-6-5-8-25(21(20)2)29-16-14-28(15-17-29)12-4-3-7-22-18-23-9-10-26(31)30-13-11-24(19-22)27(23)30;26-22-5-7-23(8-6-22)28-15-13-27(14-16-28)11-2-1-3-19-17-20-4-9-24(30)29-12-10-21(18-19)25(20)29/h4-5,14-18H,2-3,6-13H2,1H3;5-6,15-18,20H,2-4,7-14H2,1H3;5-6,8,18-19H,3-4,7,9-17H2,1-2H3;5-8,17-18H,1-4,9-16H2. The summed E-state index contributed by atoms with van der Waals surface area (Å²) in [4.78, 5) is 85.1. The molecule has 4 amide bonds. The second-order valence-corrected chi connectivity index (χ2v) is 39.5. The van der Waals surface area contributed by atoms with E-state index in [9.17, 15) is 32.8 Å². The minimum atomic E-state index is -0.310. The summed E-state index contributed by atoms with van der Waals surface area (Å²) in [6, 6.07) is 42.5. The molecular formula is C108H127ClF2N12O7. The van der Waals surface area contributed by atoms with Gasteiger partial charge in [0.05, 0.1) is 34.1 Å². The Labute approximate surface area is 769 Å². The number of piperidine rings is 2. The van der Waals surface area contributed by atoms with Crippen LogP contribution in [-0.4, -0.2) is 190 Å². The summed E-state index contributed by atoms with van der Waals surface area (Å²) in [6.07, 6.45) is 24.6. The van der Waals surface area contributed by atoms with Crippen LogP contribution in [0, 0.1) is 25.5 Å². The first-order valence-corrected chi connectivity index (χ1v) is 49.4. The molecule has 130 heavy (non-hydrogen) atoms. The smallest absolute Gasteiger partial charge is 0.227 e. The molecular weight excluding hydrogens is 1650 g/mol. The molecule has 4 saturated heterocycles. The van der Waals surface area contributed by atoms with Gasteiger partial charge in [-0.2, -0.15) is 0 Å². The fraction of sp³-hybridized carbons (Fsp3) is 0.491. The van der Waals surface area contributed by atoms with Crippen molar-refractivity contribution in [2.24, 2.45) is 0 Å². The van der Waals surface area contributed by atoms with Crippen molar-refractivity contribution < 1.29 is 41.8 Å². The van der Waals surface area contributed by atoms with Gasteiger partial charge in [-0.05, 0) is 346 Å². The first-order chi connectivity index (χ1) is 63.3.